The van der Waals surface area contributed by atoms with Gasteiger partial charge in [0, 0.05) is 47.2 Å². The van der Waals surface area contributed by atoms with Crippen LogP contribution in [0.5, 0.6) is 0 Å². The second-order valence-electron chi connectivity index (χ2n) is 12.0. The van der Waals surface area contributed by atoms with E-state index >= 15 is 0 Å². The average Bonchev–Trinajstić information content (AvgIpc) is 3.64. The smallest absolute Gasteiger partial charge is 0.246 e. The van der Waals surface area contributed by atoms with Crippen LogP contribution >= 0.6 is 11.3 Å². The van der Waals surface area contributed by atoms with Gasteiger partial charge >= 0.3 is 0 Å². The molecule has 2 fully saturated rings. The number of hydrogen-bond donors (Lipinski definition) is 2. The van der Waals surface area contributed by atoms with E-state index in [1.54, 1.807) is 18.4 Å². The van der Waals surface area contributed by atoms with Crippen molar-refractivity contribution >= 4 is 34.1 Å². The molecule has 0 radical (unpaired) electrons. The first-order chi connectivity index (χ1) is 19.2. The van der Waals surface area contributed by atoms with Crippen molar-refractivity contribution in [3.05, 3.63) is 46.4 Å². The molecule has 2 aliphatic rings. The summed E-state index contributed by atoms with van der Waals surface area (Å²) in [5.74, 6) is -0.104. The molecule has 1 aromatic carbocycles. The van der Waals surface area contributed by atoms with Crippen molar-refractivity contribution in [2.75, 3.05) is 26.8 Å². The van der Waals surface area contributed by atoms with Gasteiger partial charge in [0.05, 0.1) is 23.3 Å². The lowest BCUT2D eigenvalue weighted by atomic mass is 9.89. The summed E-state index contributed by atoms with van der Waals surface area (Å²) in [6.45, 7) is 10.2. The van der Waals surface area contributed by atoms with Crippen LogP contribution in [0.15, 0.2) is 35.7 Å². The molecule has 2 aromatic heterocycles. The zero-order chi connectivity index (χ0) is 28.4. The fourth-order valence-electron chi connectivity index (χ4n) is 5.64. The van der Waals surface area contributed by atoms with Crippen molar-refractivity contribution in [2.45, 2.75) is 76.9 Å². The molecule has 2 amide bonds. The van der Waals surface area contributed by atoms with E-state index in [1.165, 1.54) is 0 Å². The molecule has 214 valence electrons. The van der Waals surface area contributed by atoms with Crippen molar-refractivity contribution in [3.8, 4) is 11.3 Å². The van der Waals surface area contributed by atoms with E-state index in [2.05, 4.69) is 55.0 Å². The Hall–Kier alpha value is -2.88. The number of nitrogens with one attached hydrogen (secondary N) is 2. The molecule has 40 heavy (non-hydrogen) atoms. The van der Waals surface area contributed by atoms with Gasteiger partial charge in [-0.05, 0) is 57.7 Å². The minimum atomic E-state index is -0.564. The maximum atomic E-state index is 14.1. The third-order valence-electron chi connectivity index (χ3n) is 8.23. The fraction of sp³-hybridized carbons (Fsp3) is 0.548. The highest BCUT2D eigenvalue weighted by atomic mass is 32.1. The number of amides is 2. The third kappa shape index (κ3) is 5.92. The highest BCUT2D eigenvalue weighted by Gasteiger charge is 2.40. The Bertz CT molecular complexity index is 1360. The number of para-hydroxylation sites is 1. The van der Waals surface area contributed by atoms with E-state index in [0.29, 0.717) is 19.8 Å². The van der Waals surface area contributed by atoms with E-state index < -0.39 is 6.04 Å². The van der Waals surface area contributed by atoms with Crippen LogP contribution in [0.4, 0.5) is 0 Å². The number of fused-ring (bicyclic) bond motifs is 1. The van der Waals surface area contributed by atoms with Gasteiger partial charge in [0.15, 0.2) is 0 Å². The molecule has 2 saturated heterocycles. The number of carbonyl (C=O) groups is 2. The van der Waals surface area contributed by atoms with Crippen LogP contribution in [0.2, 0.25) is 0 Å². The lowest BCUT2D eigenvalue weighted by Gasteiger charge is -2.35. The Balaban J connectivity index is 1.44. The number of nitrogens with zero attached hydrogens (tertiary/aromatic N) is 3. The third-order valence-corrected chi connectivity index (χ3v) is 9.18. The zero-order valence-electron chi connectivity index (χ0n) is 24.2. The molecule has 4 heterocycles. The maximum Gasteiger partial charge on any atom is 0.246 e. The van der Waals surface area contributed by atoms with Crippen LogP contribution in [0.3, 0.4) is 0 Å². The normalized spacial score (nSPS) is 20.0. The second-order valence-corrected chi connectivity index (χ2v) is 12.9. The summed E-state index contributed by atoms with van der Waals surface area (Å²) in [4.78, 5) is 39.0. The van der Waals surface area contributed by atoms with Gasteiger partial charge in [-0.15, -0.1) is 11.3 Å². The van der Waals surface area contributed by atoms with Gasteiger partial charge in [-0.1, -0.05) is 39.0 Å². The summed E-state index contributed by atoms with van der Waals surface area (Å²) in [5.41, 5.74) is 3.88. The first-order valence-electron chi connectivity index (χ1n) is 14.4. The quantitative estimate of drug-likeness (QED) is 0.427. The highest BCUT2D eigenvalue weighted by Crippen LogP contribution is 2.39. The van der Waals surface area contributed by atoms with E-state index in [9.17, 15) is 9.59 Å². The topological polar surface area (TPSA) is 96.5 Å². The lowest BCUT2D eigenvalue weighted by molar-refractivity contribution is -0.140. The van der Waals surface area contributed by atoms with Crippen molar-refractivity contribution < 1.29 is 14.3 Å². The predicted molar refractivity (Wildman–Crippen MR) is 159 cm³/mol. The molecule has 3 atom stereocenters. The van der Waals surface area contributed by atoms with Gasteiger partial charge in [-0.25, -0.2) is 4.98 Å². The number of likely N-dealkylation sites (N-methyl/N-ethyl adjacent to an activating group) is 1. The maximum absolute atomic E-state index is 14.1. The molecule has 0 bridgehead atoms. The van der Waals surface area contributed by atoms with Gasteiger partial charge in [0.2, 0.25) is 11.8 Å². The number of pyridine rings is 1. The number of benzene rings is 1. The first-order valence-corrected chi connectivity index (χ1v) is 15.3. The molecule has 8 nitrogen and oxygen atoms in total. The Morgan fingerprint density at radius 2 is 1.88 bits per heavy atom. The molecule has 3 aromatic rings. The van der Waals surface area contributed by atoms with Gasteiger partial charge < -0.3 is 20.3 Å². The Morgan fingerprint density at radius 1 is 1.12 bits per heavy atom. The van der Waals surface area contributed by atoms with Crippen molar-refractivity contribution in [3.63, 3.8) is 0 Å². The summed E-state index contributed by atoms with van der Waals surface area (Å²) >= 11 is 1.61. The number of likely N-dealkylation sites (tertiary alicyclic amines) is 1. The minimum absolute atomic E-state index is 0.00724. The number of thiazole rings is 1. The molecule has 0 aliphatic carbocycles. The number of carbonyl (C=O) groups excluding carboxylic acids is 2. The Kier molecular flexibility index (Phi) is 8.54. The monoisotopic (exact) mass is 563 g/mol. The summed E-state index contributed by atoms with van der Waals surface area (Å²) in [7, 11) is 1.75. The molecule has 5 rings (SSSR count). The second kappa shape index (κ2) is 11.9. The van der Waals surface area contributed by atoms with Crippen molar-refractivity contribution in [1.29, 1.82) is 0 Å². The summed E-state index contributed by atoms with van der Waals surface area (Å²) in [5, 5.41) is 10.2. The molecule has 0 saturated carbocycles. The van der Waals surface area contributed by atoms with E-state index in [-0.39, 0.29) is 35.2 Å². The number of ether oxygens (including phenoxy) is 1. The molecule has 0 spiro atoms. The van der Waals surface area contributed by atoms with Crippen LogP contribution in [0.1, 0.15) is 70.1 Å². The molecule has 9 heteroatoms. The number of hydrogen-bond acceptors (Lipinski definition) is 7. The van der Waals surface area contributed by atoms with E-state index in [1.807, 2.05) is 24.0 Å². The van der Waals surface area contributed by atoms with E-state index in [4.69, 9.17) is 14.7 Å². The molecule has 2 aliphatic heterocycles. The molecular weight excluding hydrogens is 522 g/mol. The average molecular weight is 564 g/mol. The van der Waals surface area contributed by atoms with Crippen molar-refractivity contribution in [2.24, 2.45) is 5.92 Å². The van der Waals surface area contributed by atoms with E-state index in [0.717, 1.165) is 58.5 Å². The highest BCUT2D eigenvalue weighted by molar-refractivity contribution is 7.10. The van der Waals surface area contributed by atoms with Crippen LogP contribution in [0, 0.1) is 5.92 Å². The minimum Gasteiger partial charge on any atom is -0.381 e. The molecule has 2 N–H and O–H groups in total. The van der Waals surface area contributed by atoms with Crippen molar-refractivity contribution in [1.82, 2.24) is 25.5 Å². The molecular formula is C31H41N5O3S. The Labute approximate surface area is 240 Å². The van der Waals surface area contributed by atoms with Gasteiger partial charge in [0.1, 0.15) is 11.0 Å². The number of aromatic nitrogens is 2. The van der Waals surface area contributed by atoms with Crippen LogP contribution in [0.25, 0.3) is 22.2 Å². The number of rotatable bonds is 7. The fourth-order valence-corrected chi connectivity index (χ4v) is 6.61. The van der Waals surface area contributed by atoms with Crippen LogP contribution in [-0.2, 0) is 19.7 Å². The standard InChI is InChI=1S/C31H41N5O3S/c1-19(32-5)28(37)35-27(20-12-15-39-16-13-20)30(38)36-14-8-11-25(36)29-34-24(18-40-29)22-17-26(31(2,3)4)33-23-10-7-6-9-21(22)23/h6-7,9-10,17-20,25,27,32H,8,11-16H2,1-5H3,(H,35,37)/t19-,25-,27-/m0/s1. The SMILES string of the molecule is CN[C@@H](C)C(=O)N[C@H](C(=O)N1CCC[C@H]1c1nc(-c2cc(C(C)(C)C)nc3ccccc23)cs1)C1CCOCC1. The summed E-state index contributed by atoms with van der Waals surface area (Å²) in [6, 6.07) is 9.34. The van der Waals surface area contributed by atoms with Gasteiger partial charge in [-0.3, -0.25) is 14.6 Å². The Morgan fingerprint density at radius 3 is 2.60 bits per heavy atom. The largest absolute Gasteiger partial charge is 0.381 e. The van der Waals surface area contributed by atoms with Gasteiger partial charge in [0.25, 0.3) is 0 Å². The summed E-state index contributed by atoms with van der Waals surface area (Å²) in [6.07, 6.45) is 3.30. The van der Waals surface area contributed by atoms with Gasteiger partial charge in [-0.2, -0.15) is 0 Å². The van der Waals surface area contributed by atoms with Crippen LogP contribution < -0.4 is 10.6 Å². The predicted octanol–water partition coefficient (Wildman–Crippen LogP) is 4.84. The summed E-state index contributed by atoms with van der Waals surface area (Å²) < 4.78 is 5.56. The zero-order valence-corrected chi connectivity index (χ0v) is 25.0. The lowest BCUT2D eigenvalue weighted by Crippen LogP contribution is -2.56. The van der Waals surface area contributed by atoms with Crippen LogP contribution in [-0.4, -0.2) is 65.6 Å². The first kappa shape index (κ1) is 28.6. The molecule has 0 unspecified atom stereocenters.